The molecule has 1 N–H and O–H groups in total. The normalized spacial score (nSPS) is 33.9. The highest BCUT2D eigenvalue weighted by Gasteiger charge is 2.37. The van der Waals surface area contributed by atoms with Gasteiger partial charge in [-0.05, 0) is 25.7 Å². The molecule has 0 spiro atoms. The maximum Gasteiger partial charge on any atom is 0.407 e. The lowest BCUT2D eigenvalue weighted by Gasteiger charge is -2.25. The number of hydrogen-bond donors (Lipinski definition) is 1. The molecule has 0 bridgehead atoms. The number of alkyl halides is 1. The van der Waals surface area contributed by atoms with Crippen molar-refractivity contribution in [2.75, 3.05) is 19.8 Å². The van der Waals surface area contributed by atoms with E-state index in [1.165, 1.54) is 0 Å². The van der Waals surface area contributed by atoms with Crippen LogP contribution in [-0.2, 0) is 9.47 Å². The van der Waals surface area contributed by atoms with Gasteiger partial charge >= 0.3 is 6.09 Å². The van der Waals surface area contributed by atoms with Gasteiger partial charge in [-0.15, -0.1) is 0 Å². The molecule has 0 aliphatic carbocycles. The minimum Gasteiger partial charge on any atom is -0.465 e. The zero-order chi connectivity index (χ0) is 12.3. The van der Waals surface area contributed by atoms with Crippen LogP contribution in [-0.4, -0.2) is 54.4 Å². The second-order valence-corrected chi connectivity index (χ2v) is 4.53. The Morgan fingerprint density at radius 1 is 1.53 bits per heavy atom. The highest BCUT2D eigenvalue weighted by Crippen LogP contribution is 2.24. The number of amides is 1. The molecule has 2 heterocycles. The van der Waals surface area contributed by atoms with Crippen molar-refractivity contribution in [2.45, 2.75) is 44.1 Å². The van der Waals surface area contributed by atoms with Gasteiger partial charge < -0.3 is 19.5 Å². The predicted molar refractivity (Wildman–Crippen MR) is 57.6 cm³/mol. The first-order chi connectivity index (χ1) is 8.20. The van der Waals surface area contributed by atoms with Gasteiger partial charge in [0.2, 0.25) is 0 Å². The topological polar surface area (TPSA) is 59.0 Å². The van der Waals surface area contributed by atoms with Gasteiger partial charge in [0.1, 0.15) is 6.67 Å². The molecule has 2 rings (SSSR count). The lowest BCUT2D eigenvalue weighted by atomic mass is 10.2. The summed E-state index contributed by atoms with van der Waals surface area (Å²) in [5.74, 6) is 0. The summed E-state index contributed by atoms with van der Waals surface area (Å²) in [6, 6.07) is -0.568. The molecule has 2 aliphatic heterocycles. The molecule has 1 unspecified atom stereocenters. The zero-order valence-corrected chi connectivity index (χ0v) is 9.68. The first-order valence-electron chi connectivity index (χ1n) is 6.03. The summed E-state index contributed by atoms with van der Waals surface area (Å²) in [4.78, 5) is 12.0. The summed E-state index contributed by atoms with van der Waals surface area (Å²) >= 11 is 0. The Bertz CT molecular complexity index is 270. The lowest BCUT2D eigenvalue weighted by molar-refractivity contribution is -0.184. The van der Waals surface area contributed by atoms with Gasteiger partial charge in [-0.1, -0.05) is 0 Å². The third kappa shape index (κ3) is 3.07. The monoisotopic (exact) mass is 247 g/mol. The van der Waals surface area contributed by atoms with Crippen LogP contribution in [0.3, 0.4) is 0 Å². The van der Waals surface area contributed by atoms with Crippen molar-refractivity contribution in [3.8, 4) is 0 Å². The Labute approximate surface area is 99.5 Å². The van der Waals surface area contributed by atoms with Crippen LogP contribution in [0.1, 0.15) is 25.7 Å². The number of carbonyl (C=O) groups is 1. The van der Waals surface area contributed by atoms with Gasteiger partial charge in [-0.2, -0.15) is 0 Å². The summed E-state index contributed by atoms with van der Waals surface area (Å²) < 4.78 is 23.8. The zero-order valence-electron chi connectivity index (χ0n) is 9.68. The number of rotatable bonds is 3. The summed E-state index contributed by atoms with van der Waals surface area (Å²) in [5.41, 5.74) is 0. The van der Waals surface area contributed by atoms with Gasteiger partial charge in [-0.3, -0.25) is 0 Å². The highest BCUT2D eigenvalue weighted by molar-refractivity contribution is 5.66. The average Bonchev–Trinajstić information content (AvgIpc) is 2.73. The number of nitrogens with zero attached hydrogens (tertiary/aromatic N) is 1. The van der Waals surface area contributed by atoms with Crippen LogP contribution in [0.2, 0.25) is 0 Å². The molecular weight excluding hydrogens is 229 g/mol. The van der Waals surface area contributed by atoms with E-state index < -0.39 is 18.8 Å². The van der Waals surface area contributed by atoms with Gasteiger partial charge in [-0.25, -0.2) is 9.18 Å². The molecule has 0 aromatic carbocycles. The maximum atomic E-state index is 12.7. The van der Waals surface area contributed by atoms with Gasteiger partial charge in [0, 0.05) is 6.61 Å². The molecule has 17 heavy (non-hydrogen) atoms. The van der Waals surface area contributed by atoms with E-state index in [9.17, 15) is 9.18 Å². The van der Waals surface area contributed by atoms with E-state index >= 15 is 0 Å². The minimum absolute atomic E-state index is 0.240. The van der Waals surface area contributed by atoms with Crippen molar-refractivity contribution < 1.29 is 23.8 Å². The first-order valence-corrected chi connectivity index (χ1v) is 6.03. The Morgan fingerprint density at radius 3 is 2.88 bits per heavy atom. The summed E-state index contributed by atoms with van der Waals surface area (Å²) in [7, 11) is 0. The number of carboxylic acid groups (broad SMARTS) is 1. The van der Waals surface area contributed by atoms with Crippen molar-refractivity contribution in [2.24, 2.45) is 0 Å². The second-order valence-electron chi connectivity index (χ2n) is 4.53. The fraction of sp³-hybridized carbons (Fsp3) is 0.909. The quantitative estimate of drug-likeness (QED) is 0.823. The minimum atomic E-state index is -1.08. The van der Waals surface area contributed by atoms with Crippen LogP contribution in [0.5, 0.6) is 0 Å². The summed E-state index contributed by atoms with van der Waals surface area (Å²) in [5, 5.41) is 8.91. The average molecular weight is 247 g/mol. The fourth-order valence-electron chi connectivity index (χ4n) is 2.39. The molecule has 2 saturated heterocycles. The molecule has 1 amide bonds. The molecule has 0 aromatic heterocycles. The van der Waals surface area contributed by atoms with Crippen molar-refractivity contribution in [1.29, 1.82) is 0 Å². The van der Waals surface area contributed by atoms with Gasteiger partial charge in [0.05, 0.1) is 18.7 Å². The smallest absolute Gasteiger partial charge is 0.407 e. The van der Waals surface area contributed by atoms with E-state index in [-0.39, 0.29) is 18.9 Å². The lowest BCUT2D eigenvalue weighted by Crippen LogP contribution is -2.36. The van der Waals surface area contributed by atoms with Crippen molar-refractivity contribution in [3.05, 3.63) is 0 Å². The van der Waals surface area contributed by atoms with E-state index in [0.29, 0.717) is 13.0 Å². The standard InChI is InChI=1S/C11H18FNO4/c12-6-8-5-9(7-13(8)11(14)15)17-10-3-1-2-4-16-10/h8-10H,1-7H2,(H,14,15)/t8-,9+,10?/m0/s1. The van der Waals surface area contributed by atoms with Crippen LogP contribution in [0.25, 0.3) is 0 Å². The van der Waals surface area contributed by atoms with Crippen molar-refractivity contribution >= 4 is 6.09 Å². The fourth-order valence-corrected chi connectivity index (χ4v) is 2.39. The molecular formula is C11H18FNO4. The predicted octanol–water partition coefficient (Wildman–Crippen LogP) is 1.62. The van der Waals surface area contributed by atoms with E-state index in [1.54, 1.807) is 0 Å². The van der Waals surface area contributed by atoms with Gasteiger partial charge in [0.25, 0.3) is 0 Å². The molecule has 3 atom stereocenters. The third-order valence-electron chi connectivity index (χ3n) is 3.28. The van der Waals surface area contributed by atoms with E-state index in [4.69, 9.17) is 14.6 Å². The van der Waals surface area contributed by atoms with Crippen LogP contribution < -0.4 is 0 Å². The van der Waals surface area contributed by atoms with E-state index in [1.807, 2.05) is 0 Å². The van der Waals surface area contributed by atoms with Crippen molar-refractivity contribution in [1.82, 2.24) is 4.90 Å². The number of halogens is 1. The van der Waals surface area contributed by atoms with Crippen LogP contribution in [0.15, 0.2) is 0 Å². The SMILES string of the molecule is O=C(O)N1C[C@H](OC2CCCCO2)C[C@H]1CF. The Kier molecular flexibility index (Phi) is 4.17. The number of hydrogen-bond acceptors (Lipinski definition) is 3. The van der Waals surface area contributed by atoms with Crippen LogP contribution in [0.4, 0.5) is 9.18 Å². The van der Waals surface area contributed by atoms with E-state index in [0.717, 1.165) is 24.2 Å². The van der Waals surface area contributed by atoms with Crippen LogP contribution >= 0.6 is 0 Å². The Morgan fingerprint density at radius 2 is 2.35 bits per heavy atom. The largest absolute Gasteiger partial charge is 0.465 e. The molecule has 98 valence electrons. The highest BCUT2D eigenvalue weighted by atomic mass is 19.1. The molecule has 0 radical (unpaired) electrons. The third-order valence-corrected chi connectivity index (χ3v) is 3.28. The molecule has 6 heteroatoms. The molecule has 2 aliphatic rings. The Hall–Kier alpha value is -0.880. The molecule has 0 aromatic rings. The maximum absolute atomic E-state index is 12.7. The second kappa shape index (κ2) is 5.64. The summed E-state index contributed by atoms with van der Waals surface area (Å²) in [6.45, 7) is 0.272. The van der Waals surface area contributed by atoms with Gasteiger partial charge in [0.15, 0.2) is 6.29 Å². The first kappa shape index (κ1) is 12.6. The molecule has 2 fully saturated rings. The van der Waals surface area contributed by atoms with Crippen LogP contribution in [0, 0.1) is 0 Å². The Balaban J connectivity index is 1.84. The van der Waals surface area contributed by atoms with E-state index in [2.05, 4.69) is 0 Å². The molecule has 0 saturated carbocycles. The number of likely N-dealkylation sites (tertiary alicyclic amines) is 1. The molecule has 5 nitrogen and oxygen atoms in total. The number of ether oxygens (including phenoxy) is 2. The van der Waals surface area contributed by atoms with Crippen molar-refractivity contribution in [3.63, 3.8) is 0 Å². The summed E-state index contributed by atoms with van der Waals surface area (Å²) in [6.07, 6.45) is 1.79.